The lowest BCUT2D eigenvalue weighted by atomic mass is 10.1. The average molecular weight is 328 g/mol. The van der Waals surface area contributed by atoms with Gasteiger partial charge < -0.3 is 10.1 Å². The van der Waals surface area contributed by atoms with Gasteiger partial charge in [-0.2, -0.15) is 5.10 Å². The zero-order valence-electron chi connectivity index (χ0n) is 14.4. The van der Waals surface area contributed by atoms with Crippen molar-refractivity contribution >= 4 is 11.8 Å². The first-order valence-electron chi connectivity index (χ1n) is 8.34. The lowest BCUT2D eigenvalue weighted by Crippen LogP contribution is -2.31. The summed E-state index contributed by atoms with van der Waals surface area (Å²) in [6.07, 6.45) is 0.599. The minimum atomic E-state index is -0.268. The molecule has 1 fully saturated rings. The molecule has 1 amide bonds. The number of anilines is 1. The van der Waals surface area contributed by atoms with Gasteiger partial charge in [0, 0.05) is 29.9 Å². The molecule has 3 rings (SSSR count). The third-order valence-corrected chi connectivity index (χ3v) is 4.25. The van der Waals surface area contributed by atoms with Crippen LogP contribution in [0, 0.1) is 6.92 Å². The number of rotatable bonds is 6. The van der Waals surface area contributed by atoms with Crippen LogP contribution in [0.1, 0.15) is 36.8 Å². The highest BCUT2D eigenvalue weighted by atomic mass is 16.6. The molecule has 2 aromatic rings. The van der Waals surface area contributed by atoms with Crippen LogP contribution in [0.25, 0.3) is 0 Å². The number of nitrogens with one attached hydrogen (secondary N) is 2. The highest BCUT2D eigenvalue weighted by molar-refractivity contribution is 5.89. The fourth-order valence-corrected chi connectivity index (χ4v) is 3.06. The number of aromatic nitrogens is 2. The van der Waals surface area contributed by atoms with Gasteiger partial charge in [0.2, 0.25) is 0 Å². The summed E-state index contributed by atoms with van der Waals surface area (Å²) in [5.74, 6) is 0. The Balaban J connectivity index is 1.64. The average Bonchev–Trinajstić information content (AvgIpc) is 3.15. The summed E-state index contributed by atoms with van der Waals surface area (Å²) in [5.41, 5.74) is 4.18. The maximum Gasteiger partial charge on any atom is 0.414 e. The summed E-state index contributed by atoms with van der Waals surface area (Å²) >= 11 is 0. The Morgan fingerprint density at radius 3 is 2.88 bits per heavy atom. The quantitative estimate of drug-likeness (QED) is 0.855. The van der Waals surface area contributed by atoms with E-state index in [0.29, 0.717) is 19.2 Å². The van der Waals surface area contributed by atoms with Gasteiger partial charge in [0.05, 0.1) is 12.2 Å². The van der Waals surface area contributed by atoms with E-state index in [-0.39, 0.29) is 12.1 Å². The van der Waals surface area contributed by atoms with E-state index < -0.39 is 0 Å². The van der Waals surface area contributed by atoms with Crippen LogP contribution in [0.15, 0.2) is 30.3 Å². The van der Waals surface area contributed by atoms with Gasteiger partial charge in [-0.3, -0.25) is 10.00 Å². The summed E-state index contributed by atoms with van der Waals surface area (Å²) < 4.78 is 5.01. The predicted octanol–water partition coefficient (Wildman–Crippen LogP) is 2.96. The van der Waals surface area contributed by atoms with Crippen LogP contribution < -0.4 is 10.2 Å². The largest absolute Gasteiger partial charge is 0.447 e. The third-order valence-electron chi connectivity index (χ3n) is 4.25. The van der Waals surface area contributed by atoms with E-state index in [1.54, 1.807) is 4.90 Å². The van der Waals surface area contributed by atoms with Crippen molar-refractivity contribution in [1.82, 2.24) is 15.5 Å². The summed E-state index contributed by atoms with van der Waals surface area (Å²) in [7, 11) is 0. The molecular formula is C18H24N4O2. The molecular weight excluding hydrogens is 304 g/mol. The molecule has 2 heterocycles. The normalized spacial score (nSPS) is 17.0. The Bertz CT molecular complexity index is 713. The first-order valence-corrected chi connectivity index (χ1v) is 8.34. The number of amides is 1. The molecule has 128 valence electrons. The molecule has 1 aliphatic heterocycles. The first-order chi connectivity index (χ1) is 11.5. The molecule has 2 N–H and O–H groups in total. The number of carbonyl (C=O) groups excluding carboxylic acids is 1. The zero-order chi connectivity index (χ0) is 17.1. The molecule has 6 nitrogen and oxygen atoms in total. The number of aryl methyl sites for hydroxylation is 1. The minimum absolute atomic E-state index is 0.179. The Morgan fingerprint density at radius 2 is 2.21 bits per heavy atom. The van der Waals surface area contributed by atoms with Gasteiger partial charge in [-0.15, -0.1) is 0 Å². The molecule has 0 saturated carbocycles. The van der Waals surface area contributed by atoms with Gasteiger partial charge in [0.25, 0.3) is 0 Å². The molecule has 0 bridgehead atoms. The van der Waals surface area contributed by atoms with Crippen molar-refractivity contribution < 1.29 is 9.53 Å². The van der Waals surface area contributed by atoms with E-state index in [1.807, 2.05) is 19.1 Å². The van der Waals surface area contributed by atoms with Crippen LogP contribution >= 0.6 is 0 Å². The van der Waals surface area contributed by atoms with Gasteiger partial charge in [-0.1, -0.05) is 12.1 Å². The van der Waals surface area contributed by atoms with E-state index in [9.17, 15) is 4.79 Å². The minimum Gasteiger partial charge on any atom is -0.447 e. The van der Waals surface area contributed by atoms with Gasteiger partial charge in [-0.25, -0.2) is 4.79 Å². The SMILES string of the molecule is Cc1cc(C[C@H](C)N[C@@H](C)c2cccc(N3CCOC3=O)c2)n[nH]1. The van der Waals surface area contributed by atoms with Gasteiger partial charge in [0.15, 0.2) is 0 Å². The predicted molar refractivity (Wildman–Crippen MR) is 93.2 cm³/mol. The fourth-order valence-electron chi connectivity index (χ4n) is 3.06. The topological polar surface area (TPSA) is 70.2 Å². The number of hydrogen-bond acceptors (Lipinski definition) is 4. The molecule has 0 unspecified atom stereocenters. The molecule has 0 aliphatic carbocycles. The van der Waals surface area contributed by atoms with E-state index >= 15 is 0 Å². The van der Waals surface area contributed by atoms with Crippen molar-refractivity contribution in [3.63, 3.8) is 0 Å². The van der Waals surface area contributed by atoms with Crippen molar-refractivity contribution in [2.24, 2.45) is 0 Å². The maximum atomic E-state index is 11.7. The Labute approximate surface area is 142 Å². The Morgan fingerprint density at radius 1 is 1.38 bits per heavy atom. The summed E-state index contributed by atoms with van der Waals surface area (Å²) in [5, 5.41) is 10.9. The number of H-pyrrole nitrogens is 1. The molecule has 2 atom stereocenters. The second-order valence-corrected chi connectivity index (χ2v) is 6.40. The molecule has 6 heteroatoms. The number of aromatic amines is 1. The highest BCUT2D eigenvalue weighted by Gasteiger charge is 2.24. The second-order valence-electron chi connectivity index (χ2n) is 6.40. The van der Waals surface area contributed by atoms with Crippen LogP contribution in [0.2, 0.25) is 0 Å². The van der Waals surface area contributed by atoms with Crippen LogP contribution in [0.5, 0.6) is 0 Å². The Hall–Kier alpha value is -2.34. The number of cyclic esters (lactones) is 1. The summed E-state index contributed by atoms with van der Waals surface area (Å²) in [4.78, 5) is 13.4. The van der Waals surface area contributed by atoms with Crippen molar-refractivity contribution in [2.75, 3.05) is 18.1 Å². The molecule has 0 spiro atoms. The van der Waals surface area contributed by atoms with E-state index in [1.165, 1.54) is 0 Å². The molecule has 24 heavy (non-hydrogen) atoms. The summed E-state index contributed by atoms with van der Waals surface area (Å²) in [6, 6.07) is 10.6. The van der Waals surface area contributed by atoms with Crippen LogP contribution in [0.4, 0.5) is 10.5 Å². The highest BCUT2D eigenvalue weighted by Crippen LogP contribution is 2.23. The first kappa shape index (κ1) is 16.5. The van der Waals surface area contributed by atoms with Crippen LogP contribution in [-0.4, -0.2) is 35.5 Å². The monoisotopic (exact) mass is 328 g/mol. The maximum absolute atomic E-state index is 11.7. The standard InChI is InChI=1S/C18H24N4O2/c1-12(9-16-10-13(2)20-21-16)19-14(3)15-5-4-6-17(11-15)22-7-8-24-18(22)23/h4-6,10-12,14,19H,7-9H2,1-3H3,(H,20,21)/t12-,14-/m0/s1. The molecule has 1 aromatic heterocycles. The fraction of sp³-hybridized carbons (Fsp3) is 0.444. The third kappa shape index (κ3) is 3.76. The smallest absolute Gasteiger partial charge is 0.414 e. The molecule has 0 radical (unpaired) electrons. The second kappa shape index (κ2) is 7.05. The molecule has 1 aromatic carbocycles. The van der Waals surface area contributed by atoms with Crippen molar-refractivity contribution in [1.29, 1.82) is 0 Å². The van der Waals surface area contributed by atoms with Crippen molar-refractivity contribution in [2.45, 2.75) is 39.3 Å². The Kier molecular flexibility index (Phi) is 4.85. The lowest BCUT2D eigenvalue weighted by molar-refractivity contribution is 0.181. The molecule has 1 saturated heterocycles. The van der Waals surface area contributed by atoms with E-state index in [0.717, 1.165) is 29.1 Å². The van der Waals surface area contributed by atoms with Gasteiger partial charge in [-0.05, 0) is 44.5 Å². The van der Waals surface area contributed by atoms with Crippen LogP contribution in [0.3, 0.4) is 0 Å². The van der Waals surface area contributed by atoms with E-state index in [2.05, 4.69) is 47.6 Å². The number of nitrogens with zero attached hydrogens (tertiary/aromatic N) is 2. The zero-order valence-corrected chi connectivity index (χ0v) is 14.4. The number of benzene rings is 1. The molecule has 1 aliphatic rings. The number of carbonyl (C=O) groups is 1. The summed E-state index contributed by atoms with van der Waals surface area (Å²) in [6.45, 7) is 7.36. The lowest BCUT2D eigenvalue weighted by Gasteiger charge is -2.21. The van der Waals surface area contributed by atoms with E-state index in [4.69, 9.17) is 4.74 Å². The van der Waals surface area contributed by atoms with Gasteiger partial charge in [0.1, 0.15) is 6.61 Å². The van der Waals surface area contributed by atoms with Crippen molar-refractivity contribution in [3.05, 3.63) is 47.3 Å². The van der Waals surface area contributed by atoms with Gasteiger partial charge >= 0.3 is 6.09 Å². The number of hydrogen-bond donors (Lipinski definition) is 2. The number of ether oxygens (including phenoxy) is 1. The van der Waals surface area contributed by atoms with Crippen LogP contribution in [-0.2, 0) is 11.2 Å². The van der Waals surface area contributed by atoms with Crippen molar-refractivity contribution in [3.8, 4) is 0 Å².